The van der Waals surface area contributed by atoms with Gasteiger partial charge in [0.15, 0.2) is 0 Å². The molecule has 0 bridgehead atoms. The van der Waals surface area contributed by atoms with Crippen LogP contribution in [0.5, 0.6) is 0 Å². The molecule has 1 aliphatic rings. The molecule has 0 aliphatic carbocycles. The van der Waals surface area contributed by atoms with Gasteiger partial charge in [0.1, 0.15) is 0 Å². The molecule has 0 saturated carbocycles. The Morgan fingerprint density at radius 3 is 1.66 bits per heavy atom. The fourth-order valence-corrected chi connectivity index (χ4v) is 7.76. The van der Waals surface area contributed by atoms with Gasteiger partial charge in [0.05, 0.1) is 20.2 Å². The zero-order chi connectivity index (χ0) is 20.5. The Hall–Kier alpha value is -2.19. The first-order valence-corrected chi connectivity index (χ1v) is 15.4. The number of hydrogen-bond acceptors (Lipinski definition) is 1. The van der Waals surface area contributed by atoms with Crippen LogP contribution in [0.4, 0.5) is 0 Å². The third-order valence-corrected chi connectivity index (χ3v) is 9.65. The molecule has 1 fully saturated rings. The molecule has 1 saturated heterocycles. The smallest absolute Gasteiger partial charge is 0.208 e. The molecule has 3 unspecified atom stereocenters. The first kappa shape index (κ1) is 20.1. The van der Waals surface area contributed by atoms with Crippen molar-refractivity contribution in [2.24, 2.45) is 0 Å². The highest BCUT2D eigenvalue weighted by Gasteiger charge is 2.57. The van der Waals surface area contributed by atoms with Crippen LogP contribution in [0.25, 0.3) is 0 Å². The van der Waals surface area contributed by atoms with Crippen molar-refractivity contribution in [3.63, 3.8) is 0 Å². The maximum absolute atomic E-state index is 14.8. The predicted octanol–water partition coefficient (Wildman–Crippen LogP) is 5.77. The van der Waals surface area contributed by atoms with Crippen molar-refractivity contribution >= 4 is 26.0 Å². The van der Waals surface area contributed by atoms with Crippen LogP contribution in [0.2, 0.25) is 19.6 Å². The van der Waals surface area contributed by atoms with E-state index in [9.17, 15) is 4.57 Å². The minimum absolute atomic E-state index is 0.134. The lowest BCUT2D eigenvalue weighted by molar-refractivity contribution is 0.557. The third-order valence-electron chi connectivity index (χ3n) is 5.30. The van der Waals surface area contributed by atoms with E-state index in [-0.39, 0.29) is 12.1 Å². The van der Waals surface area contributed by atoms with Gasteiger partial charge in [-0.3, -0.25) is 4.57 Å². The van der Waals surface area contributed by atoms with Gasteiger partial charge in [0.2, 0.25) is 7.29 Å². The average Bonchev–Trinajstić information content (AvgIpc) is 3.48. The molecule has 0 radical (unpaired) electrons. The Balaban J connectivity index is 1.84. The van der Waals surface area contributed by atoms with Gasteiger partial charge >= 0.3 is 0 Å². The van der Waals surface area contributed by atoms with Gasteiger partial charge < -0.3 is 0 Å². The van der Waals surface area contributed by atoms with Gasteiger partial charge in [-0.1, -0.05) is 98.1 Å². The van der Waals surface area contributed by atoms with Crippen molar-refractivity contribution in [3.8, 4) is 0 Å². The highest BCUT2D eigenvalue weighted by molar-refractivity contribution is 7.76. The van der Waals surface area contributed by atoms with E-state index in [1.807, 2.05) is 66.7 Å². The lowest BCUT2D eigenvalue weighted by Crippen LogP contribution is -2.22. The SMILES string of the molecule is C[Si](C)(C)/C=C/C1C(c2ccccc2)N1P(=O)(c1ccccc1)c1ccccc1. The molecule has 0 amide bonds. The number of nitrogens with zero attached hydrogens (tertiary/aromatic N) is 1. The van der Waals surface area contributed by atoms with Crippen LogP contribution in [0.3, 0.4) is 0 Å². The average molecular weight is 418 g/mol. The summed E-state index contributed by atoms with van der Waals surface area (Å²) in [5.74, 6) is 0. The van der Waals surface area contributed by atoms with E-state index in [0.29, 0.717) is 0 Å². The summed E-state index contributed by atoms with van der Waals surface area (Å²) in [5.41, 5.74) is 3.61. The summed E-state index contributed by atoms with van der Waals surface area (Å²) in [6, 6.07) is 30.7. The summed E-state index contributed by atoms with van der Waals surface area (Å²) in [6.07, 6.45) is 2.31. The molecule has 4 heteroatoms. The van der Waals surface area contributed by atoms with Crippen molar-refractivity contribution < 1.29 is 4.57 Å². The van der Waals surface area contributed by atoms with Crippen LogP contribution in [-0.4, -0.2) is 18.8 Å². The summed E-state index contributed by atoms with van der Waals surface area (Å²) in [6.45, 7) is 7.01. The number of hydrogen-bond donors (Lipinski definition) is 0. The van der Waals surface area contributed by atoms with E-state index in [4.69, 9.17) is 0 Å². The Morgan fingerprint density at radius 2 is 1.21 bits per heavy atom. The fourth-order valence-electron chi connectivity index (χ4n) is 3.86. The summed E-state index contributed by atoms with van der Waals surface area (Å²) in [7, 11) is -4.30. The first-order valence-electron chi connectivity index (χ1n) is 10.2. The molecule has 0 aromatic heterocycles. The fraction of sp³-hybridized carbons (Fsp3) is 0.200. The highest BCUT2D eigenvalue weighted by Crippen LogP contribution is 2.64. The van der Waals surface area contributed by atoms with Crippen LogP contribution < -0.4 is 10.6 Å². The lowest BCUT2D eigenvalue weighted by atomic mass is 10.1. The summed E-state index contributed by atoms with van der Waals surface area (Å²) < 4.78 is 17.0. The Kier molecular flexibility index (Phi) is 5.48. The zero-order valence-electron chi connectivity index (χ0n) is 17.3. The van der Waals surface area contributed by atoms with Gasteiger partial charge in [-0.2, -0.15) is 0 Å². The second kappa shape index (κ2) is 7.91. The molecule has 1 aliphatic heterocycles. The van der Waals surface area contributed by atoms with E-state index < -0.39 is 15.4 Å². The molecule has 1 heterocycles. The minimum Gasteiger partial charge on any atom is -0.296 e. The maximum Gasteiger partial charge on any atom is 0.208 e. The maximum atomic E-state index is 14.8. The minimum atomic E-state index is -2.95. The first-order chi connectivity index (χ1) is 13.9. The standard InChI is InChI=1S/C25H28NOPSi/c1-29(2,3)20-19-24-25(21-13-7-4-8-14-21)26(24)28(27,22-15-9-5-10-16-22)23-17-11-6-12-18-23/h4-20,24-25H,1-3H3/b20-19+. The van der Waals surface area contributed by atoms with Gasteiger partial charge in [0.25, 0.3) is 0 Å². The van der Waals surface area contributed by atoms with Crippen LogP contribution in [-0.2, 0) is 4.57 Å². The van der Waals surface area contributed by atoms with Gasteiger partial charge in [-0.15, -0.1) is 0 Å². The molecule has 29 heavy (non-hydrogen) atoms. The van der Waals surface area contributed by atoms with E-state index in [0.717, 1.165) is 10.6 Å². The summed E-state index contributed by atoms with van der Waals surface area (Å²) in [4.78, 5) is 0. The molecule has 2 nitrogen and oxygen atoms in total. The van der Waals surface area contributed by atoms with Gasteiger partial charge in [-0.25, -0.2) is 4.67 Å². The Morgan fingerprint density at radius 1 is 0.759 bits per heavy atom. The summed E-state index contributed by atoms with van der Waals surface area (Å²) in [5, 5.41) is 1.80. The second-order valence-corrected chi connectivity index (χ2v) is 16.4. The normalized spacial score (nSPS) is 22.0. The Bertz CT molecular complexity index is 985. The van der Waals surface area contributed by atoms with Crippen molar-refractivity contribution in [3.05, 3.63) is 108 Å². The molecule has 148 valence electrons. The van der Waals surface area contributed by atoms with Gasteiger partial charge in [0, 0.05) is 10.6 Å². The van der Waals surface area contributed by atoms with E-state index >= 15 is 0 Å². The summed E-state index contributed by atoms with van der Waals surface area (Å²) >= 11 is 0. The third kappa shape index (κ3) is 4.09. The van der Waals surface area contributed by atoms with Crippen molar-refractivity contribution in [2.45, 2.75) is 31.7 Å². The molecule has 4 rings (SSSR count). The molecular weight excluding hydrogens is 389 g/mol. The van der Waals surface area contributed by atoms with E-state index in [1.54, 1.807) is 0 Å². The van der Waals surface area contributed by atoms with Crippen LogP contribution in [0.1, 0.15) is 11.6 Å². The molecule has 3 aromatic carbocycles. The number of benzene rings is 3. The van der Waals surface area contributed by atoms with E-state index in [2.05, 4.69) is 60.4 Å². The highest BCUT2D eigenvalue weighted by atomic mass is 31.2. The lowest BCUT2D eigenvalue weighted by Gasteiger charge is -2.22. The van der Waals surface area contributed by atoms with Crippen molar-refractivity contribution in [1.29, 1.82) is 0 Å². The molecule has 3 atom stereocenters. The van der Waals surface area contributed by atoms with Crippen molar-refractivity contribution in [2.75, 3.05) is 0 Å². The Labute approximate surface area is 175 Å². The molecule has 0 spiro atoms. The predicted molar refractivity (Wildman–Crippen MR) is 127 cm³/mol. The van der Waals surface area contributed by atoms with Gasteiger partial charge in [-0.05, 0) is 29.8 Å². The van der Waals surface area contributed by atoms with Crippen LogP contribution in [0, 0.1) is 0 Å². The number of rotatable bonds is 6. The topological polar surface area (TPSA) is 20.1 Å². The largest absolute Gasteiger partial charge is 0.296 e. The quantitative estimate of drug-likeness (QED) is 0.288. The van der Waals surface area contributed by atoms with E-state index in [1.165, 1.54) is 5.56 Å². The monoisotopic (exact) mass is 417 g/mol. The molecular formula is C25H28NOPSi. The molecule has 0 N–H and O–H groups in total. The van der Waals surface area contributed by atoms with Crippen molar-refractivity contribution in [1.82, 2.24) is 4.67 Å². The second-order valence-electron chi connectivity index (χ2n) is 8.70. The zero-order valence-corrected chi connectivity index (χ0v) is 19.2. The van der Waals surface area contributed by atoms with Crippen LogP contribution >= 0.6 is 7.29 Å². The molecule has 3 aromatic rings. The van der Waals surface area contributed by atoms with Crippen LogP contribution in [0.15, 0.2) is 103 Å².